The largest absolute Gasteiger partial charge is 0.381 e. The van der Waals surface area contributed by atoms with E-state index < -0.39 is 0 Å². The summed E-state index contributed by atoms with van der Waals surface area (Å²) in [6, 6.07) is 0. The Morgan fingerprint density at radius 1 is 1.40 bits per heavy atom. The quantitative estimate of drug-likeness (QED) is 0.734. The molecule has 1 fully saturated rings. The lowest BCUT2D eigenvalue weighted by atomic mass is 9.97. The molecule has 0 aliphatic carbocycles. The number of rotatable bonds is 5. The second kappa shape index (κ2) is 8.95. The number of halogens is 1. The molecule has 5 heteroatoms. The average molecular weight is 237 g/mol. The fourth-order valence-electron chi connectivity index (χ4n) is 1.67. The number of ether oxygens (including phenoxy) is 1. The van der Waals surface area contributed by atoms with Gasteiger partial charge < -0.3 is 15.4 Å². The van der Waals surface area contributed by atoms with Crippen molar-refractivity contribution in [3.8, 4) is 0 Å². The number of carbonyl (C=O) groups excluding carboxylic acids is 1. The van der Waals surface area contributed by atoms with Gasteiger partial charge in [-0.25, -0.2) is 0 Å². The van der Waals surface area contributed by atoms with Gasteiger partial charge in [-0.05, 0) is 32.2 Å². The minimum absolute atomic E-state index is 0. The number of hydrogen-bond donors (Lipinski definition) is 2. The SMILES string of the molecule is CNCC(=O)NCCC1CCOCC1.Cl. The molecule has 1 heterocycles. The molecule has 2 N–H and O–H groups in total. The summed E-state index contributed by atoms with van der Waals surface area (Å²) in [5, 5.41) is 5.71. The van der Waals surface area contributed by atoms with Crippen LogP contribution in [0.2, 0.25) is 0 Å². The Morgan fingerprint density at radius 3 is 2.67 bits per heavy atom. The van der Waals surface area contributed by atoms with Crippen LogP contribution in [-0.2, 0) is 9.53 Å². The van der Waals surface area contributed by atoms with E-state index in [2.05, 4.69) is 10.6 Å². The molecule has 15 heavy (non-hydrogen) atoms. The standard InChI is InChI=1S/C10H20N2O2.ClH/c1-11-8-10(13)12-5-2-9-3-6-14-7-4-9;/h9,11H,2-8H2,1H3,(H,12,13);1H. The van der Waals surface area contributed by atoms with Crippen LogP contribution in [0, 0.1) is 5.92 Å². The second-order valence-electron chi connectivity index (χ2n) is 3.72. The van der Waals surface area contributed by atoms with E-state index in [-0.39, 0.29) is 18.3 Å². The van der Waals surface area contributed by atoms with Crippen molar-refractivity contribution >= 4 is 18.3 Å². The Bertz CT molecular complexity index is 173. The molecule has 0 aromatic carbocycles. The number of hydrogen-bond acceptors (Lipinski definition) is 3. The van der Waals surface area contributed by atoms with Gasteiger partial charge in [-0.2, -0.15) is 0 Å². The molecule has 0 radical (unpaired) electrons. The first-order valence-electron chi connectivity index (χ1n) is 5.32. The minimum Gasteiger partial charge on any atom is -0.381 e. The van der Waals surface area contributed by atoms with E-state index in [1.807, 2.05) is 0 Å². The molecule has 0 atom stereocenters. The lowest BCUT2D eigenvalue weighted by Gasteiger charge is -2.21. The third-order valence-corrected chi connectivity index (χ3v) is 2.55. The van der Waals surface area contributed by atoms with E-state index in [4.69, 9.17) is 4.74 Å². The Morgan fingerprint density at radius 2 is 2.07 bits per heavy atom. The van der Waals surface area contributed by atoms with Crippen LogP contribution in [0.25, 0.3) is 0 Å². The van der Waals surface area contributed by atoms with E-state index in [0.717, 1.165) is 44.9 Å². The normalized spacial score (nSPS) is 16.9. The Kier molecular flexibility index (Phi) is 8.76. The summed E-state index contributed by atoms with van der Waals surface area (Å²) in [6.07, 6.45) is 3.36. The van der Waals surface area contributed by atoms with Gasteiger partial charge >= 0.3 is 0 Å². The van der Waals surface area contributed by atoms with Gasteiger partial charge in [-0.15, -0.1) is 12.4 Å². The molecule has 0 aromatic rings. The van der Waals surface area contributed by atoms with Crippen molar-refractivity contribution in [2.45, 2.75) is 19.3 Å². The van der Waals surface area contributed by atoms with Gasteiger partial charge in [-0.3, -0.25) is 4.79 Å². The van der Waals surface area contributed by atoms with Crippen molar-refractivity contribution in [1.82, 2.24) is 10.6 Å². The first-order valence-corrected chi connectivity index (χ1v) is 5.32. The van der Waals surface area contributed by atoms with Crippen molar-refractivity contribution in [3.05, 3.63) is 0 Å². The number of nitrogens with one attached hydrogen (secondary N) is 2. The van der Waals surface area contributed by atoms with Gasteiger partial charge in [0.2, 0.25) is 5.91 Å². The molecular weight excluding hydrogens is 216 g/mol. The summed E-state index contributed by atoms with van der Waals surface area (Å²) in [4.78, 5) is 11.1. The van der Waals surface area contributed by atoms with Crippen molar-refractivity contribution in [1.29, 1.82) is 0 Å². The average Bonchev–Trinajstić information content (AvgIpc) is 2.20. The van der Waals surface area contributed by atoms with Crippen LogP contribution >= 0.6 is 12.4 Å². The smallest absolute Gasteiger partial charge is 0.233 e. The molecular formula is C10H21ClN2O2. The second-order valence-corrected chi connectivity index (χ2v) is 3.72. The monoisotopic (exact) mass is 236 g/mol. The molecule has 1 saturated heterocycles. The zero-order valence-corrected chi connectivity index (χ0v) is 10.1. The number of likely N-dealkylation sites (N-methyl/N-ethyl adjacent to an activating group) is 1. The maximum absolute atomic E-state index is 11.1. The molecule has 1 amide bonds. The minimum atomic E-state index is 0. The van der Waals surface area contributed by atoms with Crippen molar-refractivity contribution in [3.63, 3.8) is 0 Å². The maximum atomic E-state index is 11.1. The van der Waals surface area contributed by atoms with E-state index in [9.17, 15) is 4.79 Å². The fourth-order valence-corrected chi connectivity index (χ4v) is 1.67. The fraction of sp³-hybridized carbons (Fsp3) is 0.900. The molecule has 0 saturated carbocycles. The molecule has 0 unspecified atom stereocenters. The first-order chi connectivity index (χ1) is 6.83. The third kappa shape index (κ3) is 6.71. The summed E-state index contributed by atoms with van der Waals surface area (Å²) in [5.74, 6) is 0.818. The zero-order chi connectivity index (χ0) is 10.2. The van der Waals surface area contributed by atoms with Crippen LogP contribution in [0.1, 0.15) is 19.3 Å². The summed E-state index contributed by atoms with van der Waals surface area (Å²) < 4.78 is 5.27. The van der Waals surface area contributed by atoms with E-state index in [1.165, 1.54) is 0 Å². The van der Waals surface area contributed by atoms with Gasteiger partial charge in [0.15, 0.2) is 0 Å². The zero-order valence-electron chi connectivity index (χ0n) is 9.25. The molecule has 1 aliphatic heterocycles. The topological polar surface area (TPSA) is 50.4 Å². The Labute approximate surface area is 97.5 Å². The highest BCUT2D eigenvalue weighted by atomic mass is 35.5. The number of amides is 1. The third-order valence-electron chi connectivity index (χ3n) is 2.55. The molecule has 0 bridgehead atoms. The van der Waals surface area contributed by atoms with Gasteiger partial charge in [0.25, 0.3) is 0 Å². The maximum Gasteiger partial charge on any atom is 0.233 e. The Balaban J connectivity index is 0.00000196. The van der Waals surface area contributed by atoms with E-state index >= 15 is 0 Å². The van der Waals surface area contributed by atoms with Gasteiger partial charge in [0.1, 0.15) is 0 Å². The van der Waals surface area contributed by atoms with Crippen molar-refractivity contribution in [2.75, 3.05) is 33.4 Å². The van der Waals surface area contributed by atoms with Gasteiger partial charge in [0.05, 0.1) is 6.54 Å². The van der Waals surface area contributed by atoms with Crippen LogP contribution in [0.4, 0.5) is 0 Å². The van der Waals surface area contributed by atoms with Crippen LogP contribution in [0.3, 0.4) is 0 Å². The summed E-state index contributed by atoms with van der Waals surface area (Å²) in [5.41, 5.74) is 0. The molecule has 0 spiro atoms. The van der Waals surface area contributed by atoms with Gasteiger partial charge in [0, 0.05) is 19.8 Å². The lowest BCUT2D eigenvalue weighted by Crippen LogP contribution is -2.33. The van der Waals surface area contributed by atoms with E-state index in [1.54, 1.807) is 7.05 Å². The highest BCUT2D eigenvalue weighted by Gasteiger charge is 2.13. The first kappa shape index (κ1) is 14.7. The summed E-state index contributed by atoms with van der Waals surface area (Å²) >= 11 is 0. The molecule has 1 rings (SSSR count). The predicted octanol–water partition coefficient (Wildman–Crippen LogP) is 0.560. The van der Waals surface area contributed by atoms with Crippen LogP contribution in [0.5, 0.6) is 0 Å². The van der Waals surface area contributed by atoms with Crippen molar-refractivity contribution < 1.29 is 9.53 Å². The molecule has 4 nitrogen and oxygen atoms in total. The molecule has 90 valence electrons. The predicted molar refractivity (Wildman–Crippen MR) is 62.3 cm³/mol. The highest BCUT2D eigenvalue weighted by molar-refractivity contribution is 5.85. The highest BCUT2D eigenvalue weighted by Crippen LogP contribution is 2.17. The van der Waals surface area contributed by atoms with Crippen molar-refractivity contribution in [2.24, 2.45) is 5.92 Å². The molecule has 1 aliphatic rings. The summed E-state index contributed by atoms with van der Waals surface area (Å²) in [7, 11) is 1.78. The number of carbonyl (C=O) groups is 1. The molecule has 0 aromatic heterocycles. The van der Waals surface area contributed by atoms with Crippen LogP contribution < -0.4 is 10.6 Å². The lowest BCUT2D eigenvalue weighted by molar-refractivity contribution is -0.120. The van der Waals surface area contributed by atoms with Crippen LogP contribution in [-0.4, -0.2) is 39.3 Å². The van der Waals surface area contributed by atoms with E-state index in [0.29, 0.717) is 6.54 Å². The summed E-state index contributed by atoms with van der Waals surface area (Å²) in [6.45, 7) is 2.98. The Hall–Kier alpha value is -0.320. The van der Waals surface area contributed by atoms with Gasteiger partial charge in [-0.1, -0.05) is 0 Å². The van der Waals surface area contributed by atoms with Crippen LogP contribution in [0.15, 0.2) is 0 Å².